The molecule has 4 unspecified atom stereocenters. The summed E-state index contributed by atoms with van der Waals surface area (Å²) in [4.78, 5) is 59.0. The van der Waals surface area contributed by atoms with E-state index in [-0.39, 0.29) is 35.2 Å². The molecule has 4 atom stereocenters. The molecule has 48 heavy (non-hydrogen) atoms. The Hall–Kier alpha value is -2.72. The van der Waals surface area contributed by atoms with Crippen molar-refractivity contribution in [3.05, 3.63) is 60.2 Å². The lowest BCUT2D eigenvalue weighted by atomic mass is 9.94. The zero-order chi connectivity index (χ0) is 35.0. The number of thioether (sulfide) groups is 2. The van der Waals surface area contributed by atoms with Crippen molar-refractivity contribution >= 4 is 46.9 Å². The number of rotatable bonds is 27. The third-order valence-electron chi connectivity index (χ3n) is 8.85. The predicted molar refractivity (Wildman–Crippen MR) is 201 cm³/mol. The van der Waals surface area contributed by atoms with Gasteiger partial charge in [-0.15, -0.1) is 0 Å². The number of carbonyl (C=O) groups excluding carboxylic acids is 4. The van der Waals surface area contributed by atoms with E-state index < -0.39 is 12.1 Å². The van der Waals surface area contributed by atoms with Crippen molar-refractivity contribution in [2.75, 3.05) is 23.0 Å². The molecule has 0 aliphatic rings. The number of aromatic nitrogens is 2. The number of hydrogen-bond acceptors (Lipinski definition) is 8. The average molecular weight is 699 g/mol. The average Bonchev–Trinajstić information content (AvgIpc) is 3.12. The lowest BCUT2D eigenvalue weighted by Crippen LogP contribution is -2.45. The van der Waals surface area contributed by atoms with Crippen LogP contribution >= 0.6 is 23.5 Å². The molecule has 0 aliphatic carbocycles. The van der Waals surface area contributed by atoms with E-state index in [0.717, 1.165) is 35.9 Å². The Kier molecular flexibility index (Phi) is 21.8. The summed E-state index contributed by atoms with van der Waals surface area (Å²) in [5, 5.41) is 5.89. The quantitative estimate of drug-likeness (QED) is 0.0903. The van der Waals surface area contributed by atoms with Gasteiger partial charge in [-0.1, -0.05) is 79.1 Å². The summed E-state index contributed by atoms with van der Waals surface area (Å²) >= 11 is 3.67. The van der Waals surface area contributed by atoms with Crippen LogP contribution in [0.2, 0.25) is 0 Å². The Morgan fingerprint density at radius 3 is 1.31 bits per heavy atom. The van der Waals surface area contributed by atoms with Gasteiger partial charge in [0.25, 0.3) is 11.8 Å². The van der Waals surface area contributed by atoms with Crippen LogP contribution in [-0.2, 0) is 9.59 Å². The van der Waals surface area contributed by atoms with E-state index in [1.54, 1.807) is 36.7 Å². The van der Waals surface area contributed by atoms with Crippen LogP contribution < -0.4 is 10.6 Å². The summed E-state index contributed by atoms with van der Waals surface area (Å²) in [5.41, 5.74) is 0.955. The molecule has 0 bridgehead atoms. The van der Waals surface area contributed by atoms with Crippen molar-refractivity contribution in [2.45, 2.75) is 117 Å². The largest absolute Gasteiger partial charge is 0.342 e. The smallest absolute Gasteiger partial charge is 0.253 e. The first-order valence-electron chi connectivity index (χ1n) is 17.9. The summed E-state index contributed by atoms with van der Waals surface area (Å²) in [6.45, 7) is 8.12. The van der Waals surface area contributed by atoms with Gasteiger partial charge in [0.2, 0.25) is 0 Å². The Labute approximate surface area is 297 Å². The van der Waals surface area contributed by atoms with Gasteiger partial charge in [0.05, 0.1) is 23.2 Å². The highest BCUT2D eigenvalue weighted by Gasteiger charge is 2.27. The molecule has 0 fully saturated rings. The van der Waals surface area contributed by atoms with Crippen LogP contribution in [0.25, 0.3) is 0 Å². The van der Waals surface area contributed by atoms with Crippen molar-refractivity contribution in [2.24, 2.45) is 11.8 Å². The summed E-state index contributed by atoms with van der Waals surface area (Å²) in [5.74, 6) is 3.64. The second-order valence-corrected chi connectivity index (χ2v) is 15.1. The Balaban J connectivity index is 1.46. The maximum absolute atomic E-state index is 12.9. The summed E-state index contributed by atoms with van der Waals surface area (Å²) in [7, 11) is 0. The summed E-state index contributed by atoms with van der Waals surface area (Å²) < 4.78 is 0. The first-order valence-corrected chi connectivity index (χ1v) is 20.2. The zero-order valence-corrected chi connectivity index (χ0v) is 31.2. The molecule has 0 spiro atoms. The molecule has 8 nitrogen and oxygen atoms in total. The normalized spacial score (nSPS) is 13.7. The van der Waals surface area contributed by atoms with Crippen molar-refractivity contribution in [3.63, 3.8) is 0 Å². The van der Waals surface area contributed by atoms with Crippen molar-refractivity contribution < 1.29 is 19.2 Å². The zero-order valence-electron chi connectivity index (χ0n) is 29.6. The van der Waals surface area contributed by atoms with Gasteiger partial charge in [0.15, 0.2) is 11.6 Å². The van der Waals surface area contributed by atoms with Crippen LogP contribution in [0.3, 0.4) is 0 Å². The molecule has 2 rings (SSSR count). The van der Waals surface area contributed by atoms with Gasteiger partial charge in [0, 0.05) is 49.1 Å². The standard InChI is InChI=1S/C38H58N4O4S2/c1-5-29(3)35(41-37(45)31-17-15-21-39-27-31)33(43)19-25-47-23-13-11-9-7-8-10-12-14-24-48-26-20-34(44)36(30(4)6-2)42-38(46)32-18-16-22-40-28-32/h15-18,21-22,27-30,35-36H,5-14,19-20,23-26H2,1-4H3,(H,41,45)(H,42,46). The van der Waals surface area contributed by atoms with Gasteiger partial charge < -0.3 is 10.6 Å². The van der Waals surface area contributed by atoms with Crippen LogP contribution in [0.1, 0.15) is 125 Å². The van der Waals surface area contributed by atoms with Gasteiger partial charge in [0.1, 0.15) is 0 Å². The first kappa shape index (κ1) is 41.5. The number of nitrogens with zero attached hydrogens (tertiary/aromatic N) is 2. The maximum Gasteiger partial charge on any atom is 0.253 e. The molecule has 0 aromatic carbocycles. The molecule has 2 heterocycles. The molecular weight excluding hydrogens is 641 g/mol. The maximum atomic E-state index is 12.9. The predicted octanol–water partition coefficient (Wildman–Crippen LogP) is 7.97. The fraction of sp³-hybridized carbons (Fsp3) is 0.632. The van der Waals surface area contributed by atoms with Crippen LogP contribution in [0.15, 0.2) is 49.1 Å². The highest BCUT2D eigenvalue weighted by atomic mass is 32.2. The third kappa shape index (κ3) is 16.6. The number of hydrogen-bond donors (Lipinski definition) is 2. The van der Waals surface area contributed by atoms with E-state index in [1.807, 2.05) is 51.2 Å². The topological polar surface area (TPSA) is 118 Å². The molecular formula is C38H58N4O4S2. The molecule has 0 saturated carbocycles. The minimum atomic E-state index is -0.461. The first-order chi connectivity index (χ1) is 23.3. The molecule has 2 aromatic rings. The van der Waals surface area contributed by atoms with E-state index in [4.69, 9.17) is 0 Å². The van der Waals surface area contributed by atoms with Crippen molar-refractivity contribution in [1.82, 2.24) is 20.6 Å². The molecule has 266 valence electrons. The number of carbonyl (C=O) groups is 4. The highest BCUT2D eigenvalue weighted by Crippen LogP contribution is 2.17. The molecule has 10 heteroatoms. The highest BCUT2D eigenvalue weighted by molar-refractivity contribution is 7.99. The van der Waals surface area contributed by atoms with Crippen molar-refractivity contribution in [3.8, 4) is 0 Å². The van der Waals surface area contributed by atoms with Gasteiger partial charge in [-0.25, -0.2) is 0 Å². The number of nitrogens with one attached hydrogen (secondary N) is 2. The fourth-order valence-electron chi connectivity index (χ4n) is 5.32. The summed E-state index contributed by atoms with van der Waals surface area (Å²) in [6.07, 6.45) is 18.7. The van der Waals surface area contributed by atoms with E-state index in [0.29, 0.717) is 24.0 Å². The monoisotopic (exact) mass is 698 g/mol. The van der Waals surface area contributed by atoms with Crippen molar-refractivity contribution in [1.29, 1.82) is 0 Å². The van der Waals surface area contributed by atoms with E-state index in [9.17, 15) is 19.2 Å². The molecule has 2 aromatic heterocycles. The fourth-order valence-corrected chi connectivity index (χ4v) is 7.24. The lowest BCUT2D eigenvalue weighted by Gasteiger charge is -2.23. The Morgan fingerprint density at radius 1 is 0.604 bits per heavy atom. The molecule has 2 N–H and O–H groups in total. The number of amides is 2. The molecule has 0 saturated heterocycles. The number of pyridine rings is 2. The number of unbranched alkanes of at least 4 members (excludes halogenated alkanes) is 7. The summed E-state index contributed by atoms with van der Waals surface area (Å²) in [6, 6.07) is 5.95. The number of Topliss-reactive ketones (excluding diaryl/α,β-unsaturated/α-hetero) is 2. The van der Waals surface area contributed by atoms with Crippen LogP contribution in [0.5, 0.6) is 0 Å². The minimum Gasteiger partial charge on any atom is -0.342 e. The SMILES string of the molecule is CCC(C)C(NC(=O)c1cccnc1)C(=O)CCSCCCCCCCCCCSCCC(=O)C(NC(=O)c1cccnc1)C(C)CC. The van der Waals surface area contributed by atoms with Crippen LogP contribution in [0, 0.1) is 11.8 Å². The second-order valence-electron chi connectivity index (χ2n) is 12.6. The van der Waals surface area contributed by atoms with Crippen LogP contribution in [-0.4, -0.2) is 68.4 Å². The third-order valence-corrected chi connectivity index (χ3v) is 11.0. The van der Waals surface area contributed by atoms with Gasteiger partial charge in [-0.2, -0.15) is 23.5 Å². The Morgan fingerprint density at radius 2 is 0.979 bits per heavy atom. The van der Waals surface area contributed by atoms with E-state index >= 15 is 0 Å². The molecule has 0 radical (unpaired) electrons. The van der Waals surface area contributed by atoms with Gasteiger partial charge >= 0.3 is 0 Å². The van der Waals surface area contributed by atoms with Crippen LogP contribution in [0.4, 0.5) is 0 Å². The van der Waals surface area contributed by atoms with Gasteiger partial charge in [-0.3, -0.25) is 29.1 Å². The second kappa shape index (κ2) is 25.3. The molecule has 0 aliphatic heterocycles. The minimum absolute atomic E-state index is 0.0886. The van der Waals surface area contributed by atoms with E-state index in [2.05, 4.69) is 20.6 Å². The van der Waals surface area contributed by atoms with E-state index in [1.165, 1.54) is 63.8 Å². The Bertz CT molecular complexity index is 1110. The molecule has 2 amide bonds. The van der Waals surface area contributed by atoms with Gasteiger partial charge in [-0.05, 0) is 60.4 Å². The number of ketones is 2. The lowest BCUT2D eigenvalue weighted by molar-refractivity contribution is -0.122.